The van der Waals surface area contributed by atoms with Gasteiger partial charge in [-0.25, -0.2) is 0 Å². The van der Waals surface area contributed by atoms with E-state index in [0.29, 0.717) is 18.0 Å². The number of aliphatic hydroxyl groups excluding tert-OH is 1. The van der Waals surface area contributed by atoms with E-state index in [9.17, 15) is 5.11 Å². The van der Waals surface area contributed by atoms with E-state index in [1.165, 1.54) is 50.8 Å². The number of aliphatic hydroxyl groups is 1. The number of nitrogens with zero attached hydrogens (tertiary/aromatic N) is 1. The topological polar surface area (TPSA) is 35.5 Å². The van der Waals surface area contributed by atoms with Gasteiger partial charge in [0, 0.05) is 31.1 Å². The van der Waals surface area contributed by atoms with Crippen molar-refractivity contribution in [3.8, 4) is 0 Å². The van der Waals surface area contributed by atoms with E-state index < -0.39 is 0 Å². The molecule has 3 nitrogen and oxygen atoms in total. The van der Waals surface area contributed by atoms with E-state index in [-0.39, 0.29) is 6.61 Å². The second kappa shape index (κ2) is 6.92. The van der Waals surface area contributed by atoms with Gasteiger partial charge in [0.05, 0.1) is 6.61 Å². The van der Waals surface area contributed by atoms with Crippen LogP contribution in [0.4, 0.5) is 0 Å². The van der Waals surface area contributed by atoms with E-state index >= 15 is 0 Å². The van der Waals surface area contributed by atoms with Crippen molar-refractivity contribution in [2.75, 3.05) is 26.2 Å². The van der Waals surface area contributed by atoms with Gasteiger partial charge < -0.3 is 10.4 Å². The van der Waals surface area contributed by atoms with E-state index in [0.717, 1.165) is 18.4 Å². The number of hydrogen-bond donors (Lipinski definition) is 2. The minimum Gasteiger partial charge on any atom is -0.395 e. The lowest BCUT2D eigenvalue weighted by atomic mass is 9.74. The third-order valence-electron chi connectivity index (χ3n) is 6.23. The zero-order chi connectivity index (χ0) is 15.6. The summed E-state index contributed by atoms with van der Waals surface area (Å²) in [6, 6.07) is 11.7. The van der Waals surface area contributed by atoms with Crippen molar-refractivity contribution in [2.45, 2.75) is 50.1 Å². The molecule has 4 rings (SSSR count). The Morgan fingerprint density at radius 3 is 2.35 bits per heavy atom. The average Bonchev–Trinajstić information content (AvgIpc) is 3.34. The Kier molecular flexibility index (Phi) is 4.70. The molecule has 1 heterocycles. The highest BCUT2D eigenvalue weighted by atomic mass is 16.3. The highest BCUT2D eigenvalue weighted by molar-refractivity contribution is 5.28. The number of likely N-dealkylation sites (tertiary alicyclic amines) is 1. The van der Waals surface area contributed by atoms with Crippen LogP contribution in [0.5, 0.6) is 0 Å². The Hall–Kier alpha value is -0.900. The van der Waals surface area contributed by atoms with Crippen LogP contribution < -0.4 is 5.32 Å². The first-order chi connectivity index (χ1) is 11.4. The first-order valence-corrected chi connectivity index (χ1v) is 9.49. The van der Waals surface area contributed by atoms with Crippen molar-refractivity contribution in [1.29, 1.82) is 0 Å². The summed E-state index contributed by atoms with van der Waals surface area (Å²) in [5.74, 6) is 2.28. The molecule has 3 atom stereocenters. The van der Waals surface area contributed by atoms with Crippen LogP contribution in [-0.2, 0) is 0 Å². The summed E-state index contributed by atoms with van der Waals surface area (Å²) in [4.78, 5) is 2.59. The molecule has 3 aliphatic rings. The molecule has 2 saturated carbocycles. The summed E-state index contributed by atoms with van der Waals surface area (Å²) in [5.41, 5.74) is 1.40. The fourth-order valence-corrected chi connectivity index (χ4v) is 4.40. The molecule has 1 aromatic carbocycles. The summed E-state index contributed by atoms with van der Waals surface area (Å²) in [6.45, 7) is 3.72. The Morgan fingerprint density at radius 2 is 1.74 bits per heavy atom. The lowest BCUT2D eigenvalue weighted by molar-refractivity contribution is -0.0457. The van der Waals surface area contributed by atoms with Gasteiger partial charge in [-0.05, 0) is 49.6 Å². The predicted molar refractivity (Wildman–Crippen MR) is 93.5 cm³/mol. The van der Waals surface area contributed by atoms with Gasteiger partial charge in [-0.2, -0.15) is 0 Å². The molecule has 0 unspecified atom stereocenters. The first-order valence-electron chi connectivity index (χ1n) is 9.49. The van der Waals surface area contributed by atoms with E-state index in [2.05, 4.69) is 40.5 Å². The molecule has 3 heteroatoms. The van der Waals surface area contributed by atoms with Crippen molar-refractivity contribution in [2.24, 2.45) is 11.8 Å². The Balaban J connectivity index is 1.42. The van der Waals surface area contributed by atoms with Gasteiger partial charge in [0.1, 0.15) is 0 Å². The maximum absolute atomic E-state index is 9.94. The van der Waals surface area contributed by atoms with Crippen LogP contribution in [0, 0.1) is 11.8 Å². The van der Waals surface area contributed by atoms with Crippen molar-refractivity contribution in [1.82, 2.24) is 10.2 Å². The predicted octanol–water partition coefficient (Wildman–Crippen LogP) is 2.62. The summed E-state index contributed by atoms with van der Waals surface area (Å²) in [7, 11) is 0. The molecule has 1 aliphatic heterocycles. The number of hydrogen-bond acceptors (Lipinski definition) is 3. The standard InChI is InChI=1S/C20H30N2O/c23-14-19-20(17-7-2-1-3-8-17)18(22(19)13-16-9-10-16)12-21-11-15-5-4-6-15/h1-3,7-8,15-16,18-21,23H,4-6,9-14H2/t18-,19+,20+/m1/s1. The van der Waals surface area contributed by atoms with Crippen LogP contribution in [0.25, 0.3) is 0 Å². The second-order valence-electron chi connectivity index (χ2n) is 7.85. The molecule has 0 radical (unpaired) electrons. The molecule has 3 fully saturated rings. The maximum atomic E-state index is 9.94. The highest BCUT2D eigenvalue weighted by Crippen LogP contribution is 2.43. The summed E-state index contributed by atoms with van der Waals surface area (Å²) in [6.07, 6.45) is 7.00. The zero-order valence-electron chi connectivity index (χ0n) is 14.0. The molecule has 23 heavy (non-hydrogen) atoms. The van der Waals surface area contributed by atoms with E-state index in [1.54, 1.807) is 0 Å². The molecule has 1 saturated heterocycles. The molecule has 0 aromatic heterocycles. The normalized spacial score (nSPS) is 31.6. The third kappa shape index (κ3) is 3.33. The van der Waals surface area contributed by atoms with Gasteiger partial charge in [0.25, 0.3) is 0 Å². The van der Waals surface area contributed by atoms with Crippen LogP contribution in [0.1, 0.15) is 43.6 Å². The quantitative estimate of drug-likeness (QED) is 0.774. The van der Waals surface area contributed by atoms with Gasteiger partial charge in [-0.3, -0.25) is 4.90 Å². The highest BCUT2D eigenvalue weighted by Gasteiger charge is 2.49. The number of rotatable bonds is 8. The average molecular weight is 314 g/mol. The fourth-order valence-electron chi connectivity index (χ4n) is 4.40. The molecular formula is C20H30N2O. The Morgan fingerprint density at radius 1 is 0.957 bits per heavy atom. The SMILES string of the molecule is OC[C@H]1[C@@H](c2ccccc2)[C@@H](CNCC2CCC2)N1CC1CC1. The van der Waals surface area contributed by atoms with Gasteiger partial charge in [-0.15, -0.1) is 0 Å². The fraction of sp³-hybridized carbons (Fsp3) is 0.700. The van der Waals surface area contributed by atoms with Crippen LogP contribution in [-0.4, -0.2) is 48.3 Å². The zero-order valence-corrected chi connectivity index (χ0v) is 14.0. The molecule has 0 amide bonds. The van der Waals surface area contributed by atoms with Crippen molar-refractivity contribution in [3.63, 3.8) is 0 Å². The molecular weight excluding hydrogens is 284 g/mol. The molecule has 2 aliphatic carbocycles. The third-order valence-corrected chi connectivity index (χ3v) is 6.23. The lowest BCUT2D eigenvalue weighted by Crippen LogP contribution is -2.67. The van der Waals surface area contributed by atoms with Crippen LogP contribution >= 0.6 is 0 Å². The Labute approximate surface area is 140 Å². The summed E-state index contributed by atoms with van der Waals surface area (Å²) < 4.78 is 0. The molecule has 0 bridgehead atoms. The van der Waals surface area contributed by atoms with Crippen molar-refractivity contribution < 1.29 is 5.11 Å². The van der Waals surface area contributed by atoms with Crippen LogP contribution in [0.2, 0.25) is 0 Å². The van der Waals surface area contributed by atoms with Gasteiger partial charge in [0.15, 0.2) is 0 Å². The van der Waals surface area contributed by atoms with Gasteiger partial charge in [0.2, 0.25) is 0 Å². The minimum absolute atomic E-state index is 0.283. The largest absolute Gasteiger partial charge is 0.395 e. The minimum atomic E-state index is 0.283. The molecule has 126 valence electrons. The van der Waals surface area contributed by atoms with Crippen LogP contribution in [0.15, 0.2) is 30.3 Å². The van der Waals surface area contributed by atoms with Crippen LogP contribution in [0.3, 0.4) is 0 Å². The van der Waals surface area contributed by atoms with Crippen molar-refractivity contribution >= 4 is 0 Å². The van der Waals surface area contributed by atoms with E-state index in [4.69, 9.17) is 0 Å². The van der Waals surface area contributed by atoms with Gasteiger partial charge in [-0.1, -0.05) is 36.8 Å². The molecule has 1 aromatic rings. The monoisotopic (exact) mass is 314 g/mol. The van der Waals surface area contributed by atoms with E-state index in [1.807, 2.05) is 0 Å². The van der Waals surface area contributed by atoms with Gasteiger partial charge >= 0.3 is 0 Å². The lowest BCUT2D eigenvalue weighted by Gasteiger charge is -2.55. The smallest absolute Gasteiger partial charge is 0.0593 e. The number of nitrogens with one attached hydrogen (secondary N) is 1. The molecule has 0 spiro atoms. The maximum Gasteiger partial charge on any atom is 0.0593 e. The second-order valence-corrected chi connectivity index (χ2v) is 7.85. The number of benzene rings is 1. The summed E-state index contributed by atoms with van der Waals surface area (Å²) in [5, 5.41) is 13.7. The first kappa shape index (κ1) is 15.6. The molecule has 2 N–H and O–H groups in total. The Bertz CT molecular complexity index is 498. The van der Waals surface area contributed by atoms with Crippen molar-refractivity contribution in [3.05, 3.63) is 35.9 Å². The summed E-state index contributed by atoms with van der Waals surface area (Å²) >= 11 is 0.